The molecule has 0 aliphatic carbocycles. The molecule has 856 valence electrons. The van der Waals surface area contributed by atoms with Gasteiger partial charge in [0.15, 0.2) is 75.5 Å². The van der Waals surface area contributed by atoms with E-state index in [1.807, 2.05) is 0 Å². The van der Waals surface area contributed by atoms with Crippen molar-refractivity contribution in [1.82, 2.24) is 26.6 Å². The molecule has 12 rings (SSSR count). The van der Waals surface area contributed by atoms with E-state index in [0.29, 0.717) is 0 Å². The lowest BCUT2D eigenvalue weighted by Gasteiger charge is -2.52. The molecule has 66 heteroatoms. The molecule has 12 fully saturated rings. The van der Waals surface area contributed by atoms with Crippen molar-refractivity contribution >= 4 is 29.5 Å². The maximum atomic E-state index is 13.5. The number of hydrogen-bond acceptors (Lipinski definition) is 61. The van der Waals surface area contributed by atoms with Gasteiger partial charge in [-0.05, 0) is 0 Å². The molecule has 0 aromatic rings. The first kappa shape index (κ1) is 122. The molecule has 60 atom stereocenters. The molecule has 0 aromatic carbocycles. The van der Waals surface area contributed by atoms with E-state index in [4.69, 9.17) is 109 Å². The number of hydrogen-bond donors (Lipinski definition) is 38. The van der Waals surface area contributed by atoms with Crippen LogP contribution in [0.5, 0.6) is 0 Å². The van der Waals surface area contributed by atoms with Crippen molar-refractivity contribution in [3.63, 3.8) is 0 Å². The molecule has 66 nitrogen and oxygen atoms in total. The number of ether oxygens (including phenoxy) is 23. The summed E-state index contributed by atoms with van der Waals surface area (Å²) >= 11 is 0. The molecular formula is C82H137N5O61. The topological polar surface area (TPSA) is 1030 Å². The van der Waals surface area contributed by atoms with Crippen LogP contribution in [0, 0.1) is 0 Å². The van der Waals surface area contributed by atoms with Crippen LogP contribution in [-0.2, 0) is 133 Å². The van der Waals surface area contributed by atoms with E-state index < -0.39 is 477 Å². The summed E-state index contributed by atoms with van der Waals surface area (Å²) in [6.45, 7) is -9.77. The third-order valence-electron chi connectivity index (χ3n) is 27.1. The molecule has 12 saturated heterocycles. The minimum absolute atomic E-state index is 0.855. The maximum absolute atomic E-state index is 13.5. The monoisotopic (exact) mass is 2170 g/mol. The number of carbonyl (C=O) groups is 5. The zero-order valence-electron chi connectivity index (χ0n) is 79.3. The molecule has 0 saturated carbocycles. The Bertz CT molecular complexity index is 4130. The Morgan fingerprint density at radius 2 is 0.378 bits per heavy atom. The summed E-state index contributed by atoms with van der Waals surface area (Å²) in [6, 6.07) is -10.1. The molecule has 0 aromatic heterocycles. The predicted octanol–water partition coefficient (Wildman–Crippen LogP) is -26.4. The minimum Gasteiger partial charge on any atom is -0.394 e. The van der Waals surface area contributed by atoms with E-state index >= 15 is 0 Å². The Labute approximate surface area is 837 Å². The summed E-state index contributed by atoms with van der Waals surface area (Å²) < 4.78 is 138. The zero-order chi connectivity index (χ0) is 109. The van der Waals surface area contributed by atoms with E-state index in [1.165, 1.54) is 0 Å². The van der Waals surface area contributed by atoms with Crippen LogP contribution in [0.4, 0.5) is 0 Å². The highest BCUT2D eigenvalue weighted by molar-refractivity contribution is 5.75. The molecule has 0 unspecified atom stereocenters. The van der Waals surface area contributed by atoms with Crippen molar-refractivity contribution in [3.05, 3.63) is 0 Å². The summed E-state index contributed by atoms with van der Waals surface area (Å²) in [7, 11) is 0. The predicted molar refractivity (Wildman–Crippen MR) is 453 cm³/mol. The van der Waals surface area contributed by atoms with E-state index in [0.717, 1.165) is 34.6 Å². The first-order valence-electron chi connectivity index (χ1n) is 47.2. The Hall–Kier alpha value is -4.89. The number of carbonyl (C=O) groups excluding carboxylic acids is 5. The lowest BCUT2D eigenvalue weighted by atomic mass is 9.93. The van der Waals surface area contributed by atoms with Crippen LogP contribution in [0.1, 0.15) is 34.6 Å². The molecule has 12 aliphatic rings. The largest absolute Gasteiger partial charge is 0.394 e. The standard InChI is InChI=1S/C82H137N5O61/c1-18(98)83-35-46(109)62(27(10-92)128-71(35)125)145-80-61(124)68(146-82-70(148-75-39(87-22(5)102)50(113)66(31(14-96)136-75)144-79-59(122)54(117)43(106)26(9-91)132-79)60(123)67(32(15-97)137-82)140-73-37(85-20(3)100)48(111)64(29(12-94)134-73)142-77-57(120)52(115)41(104)24(7-89)130-77)45(108)34(138-80)17-127-81-69(147-74-38(86-21(4)101)49(112)65(30(13-95)135-74)143-78-58(121)53(116)42(105)25(8-90)131-78)55(118)44(107)33(139-81)16-126-72-36(84-19(2)99)47(110)63(28(11-93)133-72)141-76-56(119)51(114)40(103)23(6-88)129-76/h23-82,88-97,103-125H,6-17H2,1-5H3,(H,83,98)(H,84,99)(H,85,100)(H,86,101)(H,87,102)/t23-,24-,25-,26-,27-,28-,29-,30-,31-,32-,33-,34-,35-,36-,37-,38-,39-,40+,41+,42+,43+,44-,45-,46-,47-,48-,49-,50-,51+,52+,53+,54+,55+,56-,57-,58-,59-,60+,61+,62-,63-,64-,65-,66-,67-,68+,69+,70+,71-,72-,73+,74-,75+,76+,77+,78+,79+,80+,81+,82-/m1/s1. The molecular weight excluding hydrogens is 2030 g/mol. The fourth-order valence-electron chi connectivity index (χ4n) is 19.2. The van der Waals surface area contributed by atoms with Crippen molar-refractivity contribution in [2.24, 2.45) is 0 Å². The lowest BCUT2D eigenvalue weighted by Crippen LogP contribution is -2.71. The Morgan fingerprint density at radius 1 is 0.176 bits per heavy atom. The highest BCUT2D eigenvalue weighted by Gasteiger charge is 2.64. The van der Waals surface area contributed by atoms with E-state index in [2.05, 4.69) is 26.6 Å². The van der Waals surface area contributed by atoms with Crippen molar-refractivity contribution in [1.29, 1.82) is 0 Å². The van der Waals surface area contributed by atoms with E-state index in [1.54, 1.807) is 0 Å². The second-order valence-corrected chi connectivity index (χ2v) is 37.4. The molecule has 5 amide bonds. The van der Waals surface area contributed by atoms with Gasteiger partial charge in [-0.15, -0.1) is 0 Å². The first-order chi connectivity index (χ1) is 70.1. The second-order valence-electron chi connectivity index (χ2n) is 37.4. The minimum atomic E-state index is -2.76. The maximum Gasteiger partial charge on any atom is 0.217 e. The van der Waals surface area contributed by atoms with Crippen LogP contribution in [-0.4, -0.2) is 645 Å². The van der Waals surface area contributed by atoms with Crippen LogP contribution in [0.25, 0.3) is 0 Å². The van der Waals surface area contributed by atoms with Crippen LogP contribution >= 0.6 is 0 Å². The quantitative estimate of drug-likeness (QED) is 0.0272. The third kappa shape index (κ3) is 26.9. The summed E-state index contributed by atoms with van der Waals surface area (Å²) in [5.74, 6) is -5.06. The van der Waals surface area contributed by atoms with Crippen molar-refractivity contribution in [2.45, 2.75) is 403 Å². The number of aliphatic hydroxyl groups excluding tert-OH is 33. The number of aliphatic hydroxyl groups is 33. The zero-order valence-corrected chi connectivity index (χ0v) is 79.3. The molecule has 38 N–H and O–H groups in total. The molecule has 0 radical (unpaired) electrons. The Balaban J connectivity index is 0.931. The van der Waals surface area contributed by atoms with E-state index in [-0.39, 0.29) is 0 Å². The third-order valence-corrected chi connectivity index (χ3v) is 27.1. The molecule has 12 aliphatic heterocycles. The van der Waals surface area contributed by atoms with Crippen molar-refractivity contribution in [2.75, 3.05) is 79.3 Å². The summed E-state index contributed by atoms with van der Waals surface area (Å²) in [5.41, 5.74) is 0. The fraction of sp³-hybridized carbons (Fsp3) is 0.939. The van der Waals surface area contributed by atoms with Gasteiger partial charge in [0.1, 0.15) is 293 Å². The van der Waals surface area contributed by atoms with Crippen molar-refractivity contribution < 1.29 is 301 Å². The van der Waals surface area contributed by atoms with Gasteiger partial charge >= 0.3 is 0 Å². The molecule has 0 spiro atoms. The molecule has 12 heterocycles. The highest BCUT2D eigenvalue weighted by Crippen LogP contribution is 2.43. The highest BCUT2D eigenvalue weighted by atomic mass is 16.8. The van der Waals surface area contributed by atoms with Crippen molar-refractivity contribution in [3.8, 4) is 0 Å². The summed E-state index contributed by atoms with van der Waals surface area (Å²) in [5, 5.41) is 384. The van der Waals surface area contributed by atoms with Crippen LogP contribution in [0.15, 0.2) is 0 Å². The van der Waals surface area contributed by atoms with Gasteiger partial charge in [-0.1, -0.05) is 0 Å². The van der Waals surface area contributed by atoms with Gasteiger partial charge < -0.3 is 304 Å². The Morgan fingerprint density at radius 3 is 0.689 bits per heavy atom. The smallest absolute Gasteiger partial charge is 0.217 e. The molecule has 148 heavy (non-hydrogen) atoms. The fourth-order valence-corrected chi connectivity index (χ4v) is 19.2. The van der Waals surface area contributed by atoms with Crippen LogP contribution in [0.3, 0.4) is 0 Å². The summed E-state index contributed by atoms with van der Waals surface area (Å²) in [6.07, 6.45) is -121. The molecule has 0 bridgehead atoms. The van der Waals surface area contributed by atoms with Gasteiger partial charge in [0.2, 0.25) is 29.5 Å². The lowest BCUT2D eigenvalue weighted by molar-refractivity contribution is -0.406. The van der Waals surface area contributed by atoms with Gasteiger partial charge in [-0.25, -0.2) is 0 Å². The average molecular weight is 2170 g/mol. The van der Waals surface area contributed by atoms with Crippen LogP contribution < -0.4 is 26.6 Å². The normalized spacial score (nSPS) is 49.3. The van der Waals surface area contributed by atoms with Gasteiger partial charge in [-0.3, -0.25) is 24.0 Å². The first-order valence-corrected chi connectivity index (χ1v) is 47.2. The van der Waals surface area contributed by atoms with E-state index in [9.17, 15) is 192 Å². The number of nitrogens with one attached hydrogen (secondary N) is 5. The SMILES string of the molecule is CC(=O)N[C@@H]1[C@@H](O)[C@H](O[C@@H]2O[C@H](CO[C@H]3O[C@H](CO[C@@H]4O[C@H](CO)[C@@H](O[C@@H]5O[C@H](CO)[C@H](O)[C@H](O)[C@H]5O)[C@H](O)[C@H]4NC(C)=O)[C@@H](O)[C@H](O)[C@@H]3O[C@H]3O[C@H](CO)[C@@H](O[C@@H]4O[C@H](CO)[C@H](O)[C@H](O)[C@H]4O)[C@H](O)[C@H]3NC(C)=O)[C@@H](O)[C@H](O[C@H]3O[C@H](CO)[C@@H](O[C@@H]4O[C@H](CO)[C@@H](O[C@@H]5O[C@H](CO)[C@H](O)[C@H](O)[C@H]5O)[C@H](O)[C@H]4NC(C)=O)[C@H](O)[C@@H]3O[C@@H]3O[C@H](CO)[C@@H](O[C@@H]4O[C@H](CO)[C@H](O)[C@H](O)[C@H]4O)[C@H](O)[C@H]3NC(C)=O)[C@@H]2O)[C@@H](CO)O[C@H]1O. The number of rotatable bonds is 39. The van der Waals surface area contributed by atoms with Gasteiger partial charge in [0, 0.05) is 34.6 Å². The van der Waals surface area contributed by atoms with Crippen LogP contribution in [0.2, 0.25) is 0 Å². The second kappa shape index (κ2) is 53.4. The van der Waals surface area contributed by atoms with Gasteiger partial charge in [-0.2, -0.15) is 0 Å². The Kier molecular flexibility index (Phi) is 43.9. The number of amides is 5. The van der Waals surface area contributed by atoms with Gasteiger partial charge in [0.25, 0.3) is 0 Å². The average Bonchev–Trinajstić information content (AvgIpc) is 0.763. The van der Waals surface area contributed by atoms with Gasteiger partial charge in [0.05, 0.1) is 79.3 Å². The summed E-state index contributed by atoms with van der Waals surface area (Å²) in [4.78, 5) is 65.7.